The predicted octanol–water partition coefficient (Wildman–Crippen LogP) is 6.40. The van der Waals surface area contributed by atoms with Gasteiger partial charge in [-0.15, -0.1) is 13.2 Å². The summed E-state index contributed by atoms with van der Waals surface area (Å²) < 4.78 is 28.7. The first-order chi connectivity index (χ1) is 61.0. The van der Waals surface area contributed by atoms with Gasteiger partial charge in [-0.05, 0) is 110 Å². The van der Waals surface area contributed by atoms with Gasteiger partial charge in [-0.25, -0.2) is 28.8 Å². The molecule has 7 rings (SSSR count). The number of nitrogens with zero attached hydrogens (tertiary/aromatic N) is 3. The van der Waals surface area contributed by atoms with E-state index in [0.717, 1.165) is 19.3 Å². The van der Waals surface area contributed by atoms with Gasteiger partial charge in [0.25, 0.3) is 17.7 Å². The van der Waals surface area contributed by atoms with Crippen LogP contribution in [0.5, 0.6) is 0 Å². The Kier molecular flexibility index (Phi) is 39.3. The van der Waals surface area contributed by atoms with E-state index in [1.807, 2.05) is 166 Å². The number of ether oxygens (including phenoxy) is 6. The van der Waals surface area contributed by atoms with Gasteiger partial charge in [0.15, 0.2) is 0 Å². The number of carbonyl (C=O) groups is 18. The molecule has 0 bridgehead atoms. The van der Waals surface area contributed by atoms with Crippen LogP contribution in [0.4, 0.5) is 28.8 Å². The fourth-order valence-corrected chi connectivity index (χ4v) is 18.0. The van der Waals surface area contributed by atoms with Crippen molar-refractivity contribution in [3.8, 4) is 0 Å². The fraction of sp³-hybridized carbons (Fsp3) is 0.763. The second-order valence-corrected chi connectivity index (χ2v) is 42.6. The second-order valence-electron chi connectivity index (χ2n) is 42.6. The number of rotatable bonds is 39. The molecule has 0 aromatic carbocycles. The van der Waals surface area contributed by atoms with Crippen LogP contribution in [0.2, 0.25) is 0 Å². The monoisotopic (exact) mass is 1860 g/mol. The minimum Gasteiger partial charge on any atom is -0.438 e. The topological polar surface area (TPSA) is 531 Å². The van der Waals surface area contributed by atoms with Gasteiger partial charge in [0.1, 0.15) is 56.1 Å². The Morgan fingerprint density at radius 3 is 0.962 bits per heavy atom. The lowest BCUT2D eigenvalue weighted by molar-refractivity contribution is -0.145. The summed E-state index contributed by atoms with van der Waals surface area (Å²) in [5.41, 5.74) is 1.98. The number of ketones is 3. The number of primary amides is 1. The summed E-state index contributed by atoms with van der Waals surface area (Å²) in [4.78, 5) is 237. The van der Waals surface area contributed by atoms with Crippen molar-refractivity contribution in [2.75, 3.05) is 73.9 Å². The zero-order valence-corrected chi connectivity index (χ0v) is 82.7. The molecule has 4 aliphatic carbocycles. The molecule has 15 amide bonds. The normalized spacial score (nSPS) is 22.9. The number of fused-ring (bicyclic) bond motifs is 3. The van der Waals surface area contributed by atoms with Crippen molar-refractivity contribution in [2.24, 2.45) is 96.9 Å². The molecule has 3 heterocycles. The number of Topliss-reactive ketones (excluding diaryl/α,β-unsaturated/α-hetero) is 3. The van der Waals surface area contributed by atoms with E-state index in [9.17, 15) is 86.3 Å². The lowest BCUT2D eigenvalue weighted by Crippen LogP contribution is -2.62. The maximum atomic E-state index is 14.2. The van der Waals surface area contributed by atoms with E-state index in [0.29, 0.717) is 38.9 Å². The Balaban J connectivity index is 0.000000350. The first-order valence-corrected chi connectivity index (χ1v) is 45.9. The molecule has 0 spiro atoms. The first-order valence-electron chi connectivity index (χ1n) is 45.9. The highest BCUT2D eigenvalue weighted by molar-refractivity contribution is 6.39. The number of hydrogen-bond acceptors (Lipinski definition) is 24. The van der Waals surface area contributed by atoms with E-state index in [2.05, 4.69) is 85.9 Å². The summed E-state index contributed by atoms with van der Waals surface area (Å²) in [7, 11) is 3.56. The van der Waals surface area contributed by atoms with E-state index in [-0.39, 0.29) is 115 Å². The van der Waals surface area contributed by atoms with Crippen LogP contribution < -0.4 is 64.2 Å². The molecule has 3 saturated heterocycles. The highest BCUT2D eigenvalue weighted by Gasteiger charge is 2.73. The van der Waals surface area contributed by atoms with Gasteiger partial charge in [-0.3, -0.25) is 57.5 Å². The third-order valence-corrected chi connectivity index (χ3v) is 27.0. The van der Waals surface area contributed by atoms with Gasteiger partial charge in [0, 0.05) is 32.7 Å². The van der Waals surface area contributed by atoms with Crippen molar-refractivity contribution >= 4 is 107 Å². The van der Waals surface area contributed by atoms with E-state index in [1.165, 1.54) is 48.2 Å². The third kappa shape index (κ3) is 28.9. The van der Waals surface area contributed by atoms with Gasteiger partial charge < -0.3 is 107 Å². The summed E-state index contributed by atoms with van der Waals surface area (Å²) in [5, 5.41) is 29.9. The van der Waals surface area contributed by atoms with Gasteiger partial charge >= 0.3 is 36.6 Å². The van der Waals surface area contributed by atoms with Gasteiger partial charge in [-0.2, -0.15) is 0 Å². The number of likely N-dealkylation sites (tertiary alicyclic amines) is 3. The molecule has 13 N–H and O–H groups in total. The van der Waals surface area contributed by atoms with Crippen LogP contribution in [0.3, 0.4) is 0 Å². The average molecular weight is 1870 g/mol. The van der Waals surface area contributed by atoms with Crippen LogP contribution in [0.15, 0.2) is 25.3 Å². The zero-order valence-electron chi connectivity index (χ0n) is 82.7. The summed E-state index contributed by atoms with van der Waals surface area (Å²) in [6.07, 6.45) is 5.07. The lowest BCUT2D eigenvalue weighted by atomic mass is 9.80. The Hall–Kier alpha value is -10.7. The van der Waals surface area contributed by atoms with Crippen molar-refractivity contribution < 1.29 is 115 Å². The number of urea groups is 3. The summed E-state index contributed by atoms with van der Waals surface area (Å²) in [6, 6.07) is -12.4. The van der Waals surface area contributed by atoms with E-state index >= 15 is 0 Å². The smallest absolute Gasteiger partial charge is 0.438 e. The Labute approximate surface area is 777 Å². The van der Waals surface area contributed by atoms with Crippen LogP contribution in [0.1, 0.15) is 218 Å². The fourth-order valence-electron chi connectivity index (χ4n) is 18.0. The quantitative estimate of drug-likeness (QED) is 0.0137. The molecule has 4 saturated carbocycles. The molecule has 39 nitrogen and oxygen atoms in total. The van der Waals surface area contributed by atoms with E-state index in [4.69, 9.17) is 19.9 Å². The van der Waals surface area contributed by atoms with Crippen molar-refractivity contribution in [1.82, 2.24) is 73.2 Å². The summed E-state index contributed by atoms with van der Waals surface area (Å²) >= 11 is 0. The predicted molar refractivity (Wildman–Crippen MR) is 487 cm³/mol. The van der Waals surface area contributed by atoms with Crippen LogP contribution in [0.25, 0.3) is 0 Å². The number of carbonyl (C=O) groups excluding carboxylic acids is 18. The molecule has 0 radical (unpaired) electrons. The maximum Gasteiger partial charge on any atom is 0.508 e. The second kappa shape index (κ2) is 46.3. The molecule has 18 atom stereocenters. The minimum absolute atomic E-state index is 0.0589. The molecule has 132 heavy (non-hydrogen) atoms. The summed E-state index contributed by atoms with van der Waals surface area (Å²) in [6.45, 7) is 53.1. The molecule has 0 aromatic rings. The van der Waals surface area contributed by atoms with Gasteiger partial charge in [0.2, 0.25) is 52.8 Å². The van der Waals surface area contributed by atoms with Gasteiger partial charge in [0.05, 0.1) is 57.6 Å². The minimum atomic E-state index is -1.10. The third-order valence-electron chi connectivity index (χ3n) is 27.0. The SMILES string of the molecule is C=CCNC(=O)C(=O)C(CCC)NC(=O)[C@@H]1[C@@H]2[C@H](CN1C(=O)[C@@H](NC(=O)N[C@H](COC(=O)OC)C(C)(C)C)C(C)(C)C)C2(C)C.C=CCNC(=O)C(=O)C(CCC)NC(=O)[C@@H]1[C@@H]2[C@H](CN1C(=O)[C@@H](NC(=O)N[C@H](COC(=O)OC)C(C)C)C(C)(C)C)C2(C)C.COC(=O)OC[C@@H](NC(=O)N[C@H](C(=O)N1C[C@H]2[C@@H]([C@H]1C(=O)NC(CC1CCC1)C(=O)C(N)=O)C2(C)C)C(C)(C)C)C(C)C. The van der Waals surface area contributed by atoms with Crippen molar-refractivity contribution in [3.05, 3.63) is 25.3 Å². The Bertz CT molecular complexity index is 4210. The van der Waals surface area contributed by atoms with Crippen LogP contribution >= 0.6 is 0 Å². The Morgan fingerprint density at radius 2 is 0.712 bits per heavy atom. The largest absolute Gasteiger partial charge is 0.508 e. The number of hydrogen-bond donors (Lipinski definition) is 12. The zero-order chi connectivity index (χ0) is 100. The highest BCUT2D eigenvalue weighted by atomic mass is 16.7. The van der Waals surface area contributed by atoms with E-state index in [1.54, 1.807) is 0 Å². The molecular weight excluding hydrogens is 1710 g/mol. The summed E-state index contributed by atoms with van der Waals surface area (Å²) in [5.74, 6) is -8.10. The van der Waals surface area contributed by atoms with E-state index < -0.39 is 201 Å². The molecule has 39 heteroatoms. The molecule has 744 valence electrons. The molecule has 3 unspecified atom stereocenters. The number of amides is 15. The van der Waals surface area contributed by atoms with Crippen LogP contribution in [-0.4, -0.2) is 268 Å². The first kappa shape index (κ1) is 112. The standard InChI is InChI=1S/C32H53N5O8.C31H51N5O8.C30H49N5O8/c1-12-14-19(23(38)26(40)33-15-13-2)34-25(39)22-21-18(32(21,9)10)16-37(22)27(41)24(31(6,7)8)36-28(42)35-20(30(3,4)5)17-45-29(43)44-11;1-11-13-19(23(37)26(39)32-14-12-2)33-25(38)22-21-18(31(21,8)9)15-36(22)27(40)24(30(5,6)7)35-28(41)34-20(17(3)4)16-44-29(42)43-10;1-15(2)19(14-43-28(41)42-8)33-27(40)34-23(29(3,4)5)26(39)35-13-17-20(30(17,6)7)21(35)25(38)32-18(22(36)24(31)37)12-16-10-9-11-16/h13,18-22,24H,2,12,14-17H2,1,3-11H3,(H,33,40)(H,34,39)(H2,35,36,42);12,17-22,24H,2,11,13-16H2,1,3-10H3,(H,32,39)(H,33,38)(H2,34,35,41);15-21,23H,9-14H2,1-8H3,(H2,31,37)(H,32,38)(H2,33,34,40)/t2*18-,19?,20+,21-,22-,24+;17-,18?,19+,20-,21-,23+/m000/s1. The van der Waals surface area contributed by atoms with Gasteiger partial charge in [-0.1, -0.05) is 210 Å². The number of methoxy groups -OCH3 is 3. The maximum absolute atomic E-state index is 14.2. The number of piperidine rings is 3. The lowest BCUT2D eigenvalue weighted by Gasteiger charge is -2.38. The van der Waals surface area contributed by atoms with Crippen molar-refractivity contribution in [2.45, 2.75) is 290 Å². The number of nitrogens with two attached hydrogens (primary N) is 1. The molecule has 3 aliphatic heterocycles. The Morgan fingerprint density at radius 1 is 0.417 bits per heavy atom. The van der Waals surface area contributed by atoms with Crippen LogP contribution in [-0.2, 0) is 86.0 Å². The molecule has 7 aliphatic rings. The molecule has 0 aromatic heterocycles. The highest BCUT2D eigenvalue weighted by Crippen LogP contribution is 2.67. The number of nitrogens with one attached hydrogen (secondary N) is 11. The average Bonchev–Trinajstić information content (AvgIpc) is 1.53. The van der Waals surface area contributed by atoms with Crippen molar-refractivity contribution in [1.29, 1.82) is 0 Å². The van der Waals surface area contributed by atoms with Crippen LogP contribution in [0, 0.1) is 91.2 Å². The molecular formula is C93H153N15O24. The van der Waals surface area contributed by atoms with Crippen molar-refractivity contribution in [3.63, 3.8) is 0 Å². The molecule has 7 fully saturated rings.